The van der Waals surface area contributed by atoms with Gasteiger partial charge in [-0.15, -0.1) is 11.3 Å². The standard InChI is InChI=1S/C16H21N3O3S/c1-9-10(2)23-15-17-7-11(14(22)19(9)15)13(21)18-12-5-4-6-16(12,3)8-20/h7,12,20H,4-6,8H2,1-3H3,(H,18,21). The average molecular weight is 335 g/mol. The lowest BCUT2D eigenvalue weighted by Crippen LogP contribution is -2.46. The van der Waals surface area contributed by atoms with Crippen LogP contribution in [0.1, 0.15) is 47.1 Å². The van der Waals surface area contributed by atoms with E-state index in [0.29, 0.717) is 4.96 Å². The van der Waals surface area contributed by atoms with Gasteiger partial charge in [0.15, 0.2) is 4.96 Å². The molecule has 23 heavy (non-hydrogen) atoms. The van der Waals surface area contributed by atoms with Gasteiger partial charge in [0.2, 0.25) is 0 Å². The van der Waals surface area contributed by atoms with E-state index in [-0.39, 0.29) is 29.2 Å². The minimum Gasteiger partial charge on any atom is -0.396 e. The largest absolute Gasteiger partial charge is 0.396 e. The molecule has 124 valence electrons. The van der Waals surface area contributed by atoms with Gasteiger partial charge in [-0.1, -0.05) is 13.3 Å². The number of aryl methyl sites for hydroxylation is 2. The Balaban J connectivity index is 1.94. The van der Waals surface area contributed by atoms with Crippen LogP contribution in [0, 0.1) is 19.3 Å². The number of fused-ring (bicyclic) bond motifs is 1. The molecule has 0 spiro atoms. The first-order valence-corrected chi connectivity index (χ1v) is 8.58. The van der Waals surface area contributed by atoms with Crippen LogP contribution in [0.5, 0.6) is 0 Å². The number of nitrogens with one attached hydrogen (secondary N) is 1. The number of aliphatic hydroxyl groups excluding tert-OH is 1. The molecule has 1 amide bonds. The number of carbonyl (C=O) groups excluding carboxylic acids is 1. The maximum Gasteiger partial charge on any atom is 0.271 e. The summed E-state index contributed by atoms with van der Waals surface area (Å²) in [6.45, 7) is 5.77. The van der Waals surface area contributed by atoms with E-state index < -0.39 is 5.91 Å². The van der Waals surface area contributed by atoms with Gasteiger partial charge in [-0.25, -0.2) is 4.98 Å². The number of aromatic nitrogens is 2. The summed E-state index contributed by atoms with van der Waals surface area (Å²) in [5, 5.41) is 12.5. The van der Waals surface area contributed by atoms with Crippen molar-refractivity contribution in [1.82, 2.24) is 14.7 Å². The van der Waals surface area contributed by atoms with Crippen LogP contribution < -0.4 is 10.9 Å². The maximum absolute atomic E-state index is 12.6. The Morgan fingerprint density at radius 1 is 1.57 bits per heavy atom. The molecule has 1 saturated carbocycles. The molecule has 1 aliphatic rings. The van der Waals surface area contributed by atoms with Crippen molar-refractivity contribution in [2.24, 2.45) is 5.41 Å². The number of thiazole rings is 1. The lowest BCUT2D eigenvalue weighted by molar-refractivity contribution is 0.0828. The molecule has 2 atom stereocenters. The fourth-order valence-corrected chi connectivity index (χ4v) is 4.17. The second-order valence-electron chi connectivity index (χ2n) is 6.57. The highest BCUT2D eigenvalue weighted by Gasteiger charge is 2.39. The Morgan fingerprint density at radius 3 is 3.00 bits per heavy atom. The normalized spacial score (nSPS) is 24.3. The number of carbonyl (C=O) groups is 1. The minimum absolute atomic E-state index is 0.0248. The van der Waals surface area contributed by atoms with E-state index in [4.69, 9.17) is 0 Å². The fraction of sp³-hybridized carbons (Fsp3) is 0.562. The van der Waals surface area contributed by atoms with Crippen molar-refractivity contribution in [3.63, 3.8) is 0 Å². The van der Waals surface area contributed by atoms with Crippen LogP contribution in [0.3, 0.4) is 0 Å². The lowest BCUT2D eigenvalue weighted by atomic mass is 9.85. The van der Waals surface area contributed by atoms with Crippen molar-refractivity contribution < 1.29 is 9.90 Å². The lowest BCUT2D eigenvalue weighted by Gasteiger charge is -2.29. The predicted molar refractivity (Wildman–Crippen MR) is 89.1 cm³/mol. The Bertz CT molecular complexity index is 826. The molecule has 2 aromatic heterocycles. The molecule has 0 saturated heterocycles. The highest BCUT2D eigenvalue weighted by atomic mass is 32.1. The monoisotopic (exact) mass is 335 g/mol. The zero-order chi connectivity index (χ0) is 16.8. The van der Waals surface area contributed by atoms with E-state index >= 15 is 0 Å². The second-order valence-corrected chi connectivity index (χ2v) is 7.75. The van der Waals surface area contributed by atoms with Gasteiger partial charge in [-0.3, -0.25) is 14.0 Å². The van der Waals surface area contributed by atoms with Crippen LogP contribution >= 0.6 is 11.3 Å². The van der Waals surface area contributed by atoms with E-state index in [1.54, 1.807) is 0 Å². The first-order valence-electron chi connectivity index (χ1n) is 7.77. The average Bonchev–Trinajstić information content (AvgIpc) is 3.02. The van der Waals surface area contributed by atoms with Crippen molar-refractivity contribution in [1.29, 1.82) is 0 Å². The fourth-order valence-electron chi connectivity index (χ4n) is 3.24. The van der Waals surface area contributed by atoms with E-state index in [1.807, 2.05) is 20.8 Å². The second kappa shape index (κ2) is 5.72. The van der Waals surface area contributed by atoms with Gasteiger partial charge >= 0.3 is 0 Å². The third kappa shape index (κ3) is 2.57. The number of nitrogens with zero attached hydrogens (tertiary/aromatic N) is 2. The first kappa shape index (κ1) is 16.1. The van der Waals surface area contributed by atoms with Gasteiger partial charge in [0.05, 0.1) is 6.61 Å². The molecule has 0 aliphatic heterocycles. The van der Waals surface area contributed by atoms with E-state index in [9.17, 15) is 14.7 Å². The van der Waals surface area contributed by atoms with Crippen LogP contribution in [0.15, 0.2) is 11.0 Å². The number of aliphatic hydroxyl groups is 1. The molecule has 2 aromatic rings. The van der Waals surface area contributed by atoms with Gasteiger partial charge in [0.25, 0.3) is 11.5 Å². The highest BCUT2D eigenvalue weighted by Crippen LogP contribution is 2.37. The van der Waals surface area contributed by atoms with Crippen LogP contribution in [-0.2, 0) is 0 Å². The van der Waals surface area contributed by atoms with E-state index in [2.05, 4.69) is 10.3 Å². The zero-order valence-electron chi connectivity index (χ0n) is 13.5. The molecule has 3 rings (SSSR count). The zero-order valence-corrected chi connectivity index (χ0v) is 14.4. The summed E-state index contributed by atoms with van der Waals surface area (Å²) in [6, 6.07) is -0.120. The molecule has 6 nitrogen and oxygen atoms in total. The van der Waals surface area contributed by atoms with Crippen molar-refractivity contribution in [3.8, 4) is 0 Å². The Labute approximate surface area is 138 Å². The van der Waals surface area contributed by atoms with Crippen molar-refractivity contribution in [3.05, 3.63) is 32.7 Å². The molecule has 2 unspecified atom stereocenters. The molecule has 0 aromatic carbocycles. The molecule has 0 bridgehead atoms. The number of hydrogen-bond acceptors (Lipinski definition) is 5. The van der Waals surface area contributed by atoms with Gasteiger partial charge in [0, 0.05) is 28.2 Å². The molecule has 7 heteroatoms. The smallest absolute Gasteiger partial charge is 0.271 e. The molecule has 0 radical (unpaired) electrons. The first-order chi connectivity index (χ1) is 10.9. The molecule has 1 aliphatic carbocycles. The molecule has 2 heterocycles. The summed E-state index contributed by atoms with van der Waals surface area (Å²) >= 11 is 1.44. The molecule has 2 N–H and O–H groups in total. The van der Waals surface area contributed by atoms with Crippen molar-refractivity contribution >= 4 is 22.2 Å². The van der Waals surface area contributed by atoms with Gasteiger partial charge < -0.3 is 10.4 Å². The van der Waals surface area contributed by atoms with Crippen LogP contribution in [-0.4, -0.2) is 33.0 Å². The van der Waals surface area contributed by atoms with Gasteiger partial charge in [0.1, 0.15) is 5.56 Å². The number of hydrogen-bond donors (Lipinski definition) is 2. The summed E-state index contributed by atoms with van der Waals surface area (Å²) in [6.07, 6.45) is 4.00. The van der Waals surface area contributed by atoms with E-state index in [0.717, 1.165) is 29.8 Å². The van der Waals surface area contributed by atoms with Crippen LogP contribution in [0.25, 0.3) is 4.96 Å². The van der Waals surface area contributed by atoms with Crippen molar-refractivity contribution in [2.75, 3.05) is 6.61 Å². The van der Waals surface area contributed by atoms with Crippen molar-refractivity contribution in [2.45, 2.75) is 46.1 Å². The predicted octanol–water partition coefficient (Wildman–Crippen LogP) is 1.65. The Morgan fingerprint density at radius 2 is 2.30 bits per heavy atom. The summed E-state index contributed by atoms with van der Waals surface area (Å²) in [5.74, 6) is -0.410. The molecular weight excluding hydrogens is 314 g/mol. The minimum atomic E-state index is -0.410. The Hall–Kier alpha value is -1.73. The van der Waals surface area contributed by atoms with Gasteiger partial charge in [-0.05, 0) is 26.7 Å². The topological polar surface area (TPSA) is 83.7 Å². The quantitative estimate of drug-likeness (QED) is 0.893. The Kier molecular flexibility index (Phi) is 4.01. The highest BCUT2D eigenvalue weighted by molar-refractivity contribution is 7.17. The van der Waals surface area contributed by atoms with Crippen LogP contribution in [0.4, 0.5) is 0 Å². The maximum atomic E-state index is 12.6. The summed E-state index contributed by atoms with van der Waals surface area (Å²) in [5.41, 5.74) is 0.213. The molecular formula is C16H21N3O3S. The summed E-state index contributed by atoms with van der Waals surface area (Å²) in [4.78, 5) is 31.0. The van der Waals surface area contributed by atoms with Crippen LogP contribution in [0.2, 0.25) is 0 Å². The number of rotatable bonds is 3. The summed E-state index contributed by atoms with van der Waals surface area (Å²) in [7, 11) is 0. The third-order valence-corrected chi connectivity index (χ3v) is 6.08. The molecule has 1 fully saturated rings. The third-order valence-electron chi connectivity index (χ3n) is 5.01. The van der Waals surface area contributed by atoms with Gasteiger partial charge in [-0.2, -0.15) is 0 Å². The number of amides is 1. The SMILES string of the molecule is Cc1sc2ncc(C(=O)NC3CCCC3(C)CO)c(=O)n2c1C. The summed E-state index contributed by atoms with van der Waals surface area (Å²) < 4.78 is 1.49. The van der Waals surface area contributed by atoms with E-state index in [1.165, 1.54) is 21.9 Å².